The van der Waals surface area contributed by atoms with Crippen LogP contribution in [0.2, 0.25) is 0 Å². The van der Waals surface area contributed by atoms with Crippen molar-refractivity contribution in [3.05, 3.63) is 81.3 Å². The third kappa shape index (κ3) is 11.8. The molecule has 1 aliphatic heterocycles. The topological polar surface area (TPSA) is 220 Å². The number of amides is 3. The van der Waals surface area contributed by atoms with Crippen molar-refractivity contribution in [3.63, 3.8) is 0 Å². The molecule has 6 N–H and O–H groups in total. The quantitative estimate of drug-likeness (QED) is 0.0840. The van der Waals surface area contributed by atoms with Gasteiger partial charge < -0.3 is 36.4 Å². The van der Waals surface area contributed by atoms with E-state index in [9.17, 15) is 44.3 Å². The Bertz CT molecular complexity index is 1610. The number of aryl methyl sites for hydroxylation is 1. The highest BCUT2D eigenvalue weighted by molar-refractivity contribution is 7.99. The molecule has 0 saturated heterocycles. The fourth-order valence-corrected chi connectivity index (χ4v) is 6.10. The number of carbonyl (C=O) groups excluding carboxylic acids is 3. The Morgan fingerprint density at radius 2 is 1.61 bits per heavy atom. The van der Waals surface area contributed by atoms with Crippen molar-refractivity contribution < 1.29 is 39.1 Å². The number of nitro groups is 1. The van der Waals surface area contributed by atoms with Gasteiger partial charge in [-0.25, -0.2) is 9.59 Å². The van der Waals surface area contributed by atoms with Crippen LogP contribution in [0.3, 0.4) is 0 Å². The van der Waals surface area contributed by atoms with E-state index < -0.39 is 52.7 Å². The molecular formula is C33H42N6O9S. The highest BCUT2D eigenvalue weighted by atomic mass is 32.2. The number of carboxylic acid groups (broad SMARTS) is 2. The summed E-state index contributed by atoms with van der Waals surface area (Å²) >= 11 is 1.13. The van der Waals surface area contributed by atoms with Crippen molar-refractivity contribution in [2.45, 2.75) is 72.1 Å². The van der Waals surface area contributed by atoms with Crippen LogP contribution in [0.15, 0.2) is 54.5 Å². The normalized spacial score (nSPS) is 15.4. The second-order valence-electron chi connectivity index (χ2n) is 12.9. The van der Waals surface area contributed by atoms with E-state index in [1.165, 1.54) is 11.8 Å². The van der Waals surface area contributed by atoms with Gasteiger partial charge in [0.1, 0.15) is 18.1 Å². The van der Waals surface area contributed by atoms with Crippen molar-refractivity contribution in [1.82, 2.24) is 15.5 Å². The lowest BCUT2D eigenvalue weighted by Gasteiger charge is -2.25. The maximum absolute atomic E-state index is 13.5. The third-order valence-corrected chi connectivity index (χ3v) is 8.45. The zero-order valence-corrected chi connectivity index (χ0v) is 28.8. The monoisotopic (exact) mass is 698 g/mol. The molecule has 3 rings (SSSR count). The first kappa shape index (κ1) is 38.3. The lowest BCUT2D eigenvalue weighted by atomic mass is 9.92. The number of nitrogens with one attached hydrogen (secondary N) is 4. The van der Waals surface area contributed by atoms with Gasteiger partial charge in [-0.3, -0.25) is 24.5 Å². The summed E-state index contributed by atoms with van der Waals surface area (Å²) in [5.74, 6) is -3.81. The highest BCUT2D eigenvalue weighted by Crippen LogP contribution is 2.36. The average molecular weight is 699 g/mol. The number of carboxylic acids is 2. The number of hydrogen-bond acceptors (Lipinski definition) is 10. The van der Waals surface area contributed by atoms with Crippen LogP contribution >= 0.6 is 11.8 Å². The van der Waals surface area contributed by atoms with Gasteiger partial charge in [-0.1, -0.05) is 44.5 Å². The lowest BCUT2D eigenvalue weighted by molar-refractivity contribution is -0.403. The second-order valence-corrected chi connectivity index (χ2v) is 14.0. The summed E-state index contributed by atoms with van der Waals surface area (Å²) in [6.45, 7) is 8.81. The Morgan fingerprint density at radius 1 is 1.00 bits per heavy atom. The van der Waals surface area contributed by atoms with Crippen molar-refractivity contribution in [1.29, 1.82) is 0 Å². The van der Waals surface area contributed by atoms with Gasteiger partial charge in [-0.05, 0) is 59.9 Å². The molecule has 1 heterocycles. The van der Waals surface area contributed by atoms with Crippen molar-refractivity contribution >= 4 is 52.8 Å². The molecule has 3 unspecified atom stereocenters. The molecule has 2 aromatic carbocycles. The van der Waals surface area contributed by atoms with Crippen LogP contribution in [0.5, 0.6) is 0 Å². The fourth-order valence-electron chi connectivity index (χ4n) is 5.07. The molecule has 15 nitrogen and oxygen atoms in total. The van der Waals surface area contributed by atoms with Gasteiger partial charge in [0.15, 0.2) is 5.82 Å². The summed E-state index contributed by atoms with van der Waals surface area (Å²) < 4.78 is 0. The zero-order valence-electron chi connectivity index (χ0n) is 27.9. The minimum Gasteiger partial charge on any atom is -0.480 e. The molecule has 16 heteroatoms. The molecule has 0 bridgehead atoms. The number of anilines is 2. The molecule has 3 atom stereocenters. The van der Waals surface area contributed by atoms with Crippen LogP contribution in [0, 0.1) is 22.5 Å². The van der Waals surface area contributed by atoms with Crippen molar-refractivity contribution in [2.24, 2.45) is 5.41 Å². The molecule has 264 valence electrons. The minimum absolute atomic E-state index is 0.00487. The van der Waals surface area contributed by atoms with E-state index in [2.05, 4.69) is 21.3 Å². The molecule has 0 aliphatic carbocycles. The maximum Gasteiger partial charge on any atom is 0.327 e. The van der Waals surface area contributed by atoms with Crippen LogP contribution in [0.4, 0.5) is 11.4 Å². The standard InChI is InChI=1S/C33H42N6O9S/c1-19-6-8-22(9-7-19)34-27(17-39(47)48)35-23-10-11-24-21(14-23)16-38(20(2)40)29(24)30(42)37-25(31(43)44)12-13-49-18-26(32(45)46)36-28(41)15-33(3,4)5/h6-11,14,17,25-26,29,34-35H,12-13,15-16,18H2,1-5H3,(H,36,41)(H,37,42)(H,43,44)(H,45,46). The zero-order chi connectivity index (χ0) is 36.5. The van der Waals surface area contributed by atoms with Crippen LogP contribution < -0.4 is 21.3 Å². The molecule has 0 aromatic heterocycles. The summed E-state index contributed by atoms with van der Waals surface area (Å²) in [5.41, 5.74) is 2.81. The van der Waals surface area contributed by atoms with Gasteiger partial charge in [-0.2, -0.15) is 11.8 Å². The van der Waals surface area contributed by atoms with E-state index in [1.807, 2.05) is 39.8 Å². The molecule has 0 saturated carbocycles. The first-order chi connectivity index (χ1) is 22.9. The number of nitrogens with zero attached hydrogens (tertiary/aromatic N) is 2. The Labute approximate surface area is 288 Å². The van der Waals surface area contributed by atoms with E-state index in [1.54, 1.807) is 30.3 Å². The molecular weight excluding hydrogens is 656 g/mol. The van der Waals surface area contributed by atoms with Crippen molar-refractivity contribution in [3.8, 4) is 0 Å². The van der Waals surface area contributed by atoms with E-state index >= 15 is 0 Å². The van der Waals surface area contributed by atoms with E-state index in [4.69, 9.17) is 0 Å². The van der Waals surface area contributed by atoms with Crippen LogP contribution in [-0.4, -0.2) is 73.3 Å². The number of benzene rings is 2. The van der Waals surface area contributed by atoms with Gasteiger partial charge in [0.05, 0.1) is 4.92 Å². The predicted molar refractivity (Wildman–Crippen MR) is 184 cm³/mol. The first-order valence-electron chi connectivity index (χ1n) is 15.4. The number of thioether (sulfide) groups is 1. The Hall–Kier alpha value is -5.12. The van der Waals surface area contributed by atoms with Gasteiger partial charge in [0, 0.05) is 37.0 Å². The Balaban J connectivity index is 1.69. The lowest BCUT2D eigenvalue weighted by Crippen LogP contribution is -2.47. The Morgan fingerprint density at radius 3 is 2.18 bits per heavy atom. The summed E-state index contributed by atoms with van der Waals surface area (Å²) in [6.07, 6.45) is 0.870. The van der Waals surface area contributed by atoms with Crippen LogP contribution in [-0.2, 0) is 30.5 Å². The fraction of sp³-hybridized carbons (Fsp3) is 0.424. The summed E-state index contributed by atoms with van der Waals surface area (Å²) in [7, 11) is 0. The number of rotatable bonds is 16. The molecule has 3 amide bonds. The maximum atomic E-state index is 13.5. The van der Waals surface area contributed by atoms with Gasteiger partial charge in [-0.15, -0.1) is 0 Å². The molecule has 0 spiro atoms. The largest absolute Gasteiger partial charge is 0.480 e. The summed E-state index contributed by atoms with van der Waals surface area (Å²) in [4.78, 5) is 74.0. The predicted octanol–water partition coefficient (Wildman–Crippen LogP) is 3.70. The number of aliphatic carboxylic acids is 2. The molecule has 0 radical (unpaired) electrons. The molecule has 0 fully saturated rings. The van der Waals surface area contributed by atoms with Gasteiger partial charge in [0.25, 0.3) is 6.20 Å². The van der Waals surface area contributed by atoms with Gasteiger partial charge >= 0.3 is 11.9 Å². The summed E-state index contributed by atoms with van der Waals surface area (Å²) in [5, 5.41) is 41.6. The average Bonchev–Trinajstić information content (AvgIpc) is 3.37. The first-order valence-corrected chi connectivity index (χ1v) is 16.6. The molecule has 1 aliphatic rings. The summed E-state index contributed by atoms with van der Waals surface area (Å²) in [6, 6.07) is 8.48. The third-order valence-electron chi connectivity index (χ3n) is 7.36. The second kappa shape index (κ2) is 16.8. The van der Waals surface area contributed by atoms with E-state index in [-0.39, 0.29) is 42.1 Å². The smallest absolute Gasteiger partial charge is 0.327 e. The SMILES string of the molecule is CC(=O)N1Cc2cc(NC(=C[N+](=O)[O-])Nc3ccc(C)cc3)ccc2C1C(=O)NC(CCSCC(NC(=O)CC(C)(C)C)C(=O)O)C(=O)O. The molecule has 2 aromatic rings. The highest BCUT2D eigenvalue weighted by Gasteiger charge is 2.39. The number of carbonyl (C=O) groups is 5. The van der Waals surface area contributed by atoms with E-state index in [0.29, 0.717) is 22.5 Å². The number of hydrogen-bond donors (Lipinski definition) is 6. The van der Waals surface area contributed by atoms with Crippen LogP contribution in [0.1, 0.15) is 63.3 Å². The van der Waals surface area contributed by atoms with Crippen LogP contribution in [0.25, 0.3) is 0 Å². The van der Waals surface area contributed by atoms with E-state index in [0.717, 1.165) is 23.5 Å². The van der Waals surface area contributed by atoms with Crippen molar-refractivity contribution in [2.75, 3.05) is 22.1 Å². The van der Waals surface area contributed by atoms with Gasteiger partial charge in [0.2, 0.25) is 17.7 Å². The Kier molecular flexibility index (Phi) is 13.2. The molecule has 49 heavy (non-hydrogen) atoms. The minimum atomic E-state index is -1.33. The number of fused-ring (bicyclic) bond motifs is 1.